The van der Waals surface area contributed by atoms with Crippen molar-refractivity contribution in [2.75, 3.05) is 23.4 Å². The van der Waals surface area contributed by atoms with E-state index >= 15 is 0 Å². The lowest BCUT2D eigenvalue weighted by atomic mass is 9.82. The largest absolute Gasteiger partial charge is 0.395 e. The summed E-state index contributed by atoms with van der Waals surface area (Å²) in [6.45, 7) is 6.28. The van der Waals surface area contributed by atoms with E-state index in [9.17, 15) is 19.8 Å². The third-order valence-electron chi connectivity index (χ3n) is 8.80. The molecule has 3 atom stereocenters. The molecule has 0 radical (unpaired) electrons. The number of rotatable bonds is 13. The Morgan fingerprint density at radius 3 is 2.70 bits per heavy atom. The number of carbonyl (C=O) groups excluding carboxylic acids is 2. The van der Waals surface area contributed by atoms with Crippen LogP contribution in [-0.4, -0.2) is 55.2 Å². The number of hydrogen-bond donors (Lipinski definition) is 4. The first-order chi connectivity index (χ1) is 22.8. The topological polar surface area (TPSA) is 136 Å². The minimum absolute atomic E-state index is 0.0768. The number of aliphatic hydroxyl groups is 2. The first-order valence-corrected chi connectivity index (χ1v) is 15.7. The summed E-state index contributed by atoms with van der Waals surface area (Å²) in [5.74, 6) is -1.48. The smallest absolute Gasteiger partial charge is 0.264 e. The van der Waals surface area contributed by atoms with Crippen LogP contribution in [0, 0.1) is 5.92 Å². The van der Waals surface area contributed by atoms with Crippen molar-refractivity contribution in [1.29, 1.82) is 0 Å². The molecule has 1 aliphatic heterocycles. The molecule has 0 saturated heterocycles. The van der Waals surface area contributed by atoms with Crippen molar-refractivity contribution >= 4 is 34.1 Å². The van der Waals surface area contributed by atoms with Crippen LogP contribution in [0.2, 0.25) is 0 Å². The highest BCUT2D eigenvalue weighted by Crippen LogP contribution is 2.46. The predicted octanol–water partition coefficient (Wildman–Crippen LogP) is 5.07. The van der Waals surface area contributed by atoms with Crippen LogP contribution in [0.4, 0.5) is 11.4 Å². The Kier molecular flexibility index (Phi) is 9.15. The first kappa shape index (κ1) is 31.7. The highest BCUT2D eigenvalue weighted by molar-refractivity contribution is 6.08. The van der Waals surface area contributed by atoms with Crippen molar-refractivity contribution in [2.24, 2.45) is 5.92 Å². The standard InChI is InChI=1S/C37H38N6O4/c1-3-18-43-34-17-16-28(39-35(45)20-27-22-38-32-15-8-7-14-29(27)32)21-31(34)37(47,36(43)46)25(2)11-9-10-19-42-23-33(40-41-42)30(24-44)26-12-5-4-6-13-26/h3-9,11-17,21-23,25,30,38,44,47H,1,10,18-20,24H2,2H3,(H,39,45)/b11-9+/t25-,30?,37+/m0/s1. The Bertz CT molecular complexity index is 1930. The maximum atomic E-state index is 13.7. The number of anilines is 2. The number of aliphatic hydroxyl groups excluding tert-OH is 1. The molecule has 3 heterocycles. The van der Waals surface area contributed by atoms with Crippen LogP contribution in [0.15, 0.2) is 110 Å². The number of aromatic nitrogens is 4. The van der Waals surface area contributed by atoms with Crippen LogP contribution in [0.1, 0.15) is 41.6 Å². The Morgan fingerprint density at radius 1 is 1.13 bits per heavy atom. The second-order valence-electron chi connectivity index (χ2n) is 11.8. The van der Waals surface area contributed by atoms with Crippen LogP contribution < -0.4 is 10.2 Å². The SMILES string of the molecule is C=CCN1C(=O)[C@@](O)([C@@H](C)/C=C/CCn2cc(C(CO)c3ccccc3)nn2)c2cc(NC(=O)Cc3c[nH]c4ccccc34)ccc21. The highest BCUT2D eigenvalue weighted by atomic mass is 16.3. The van der Waals surface area contributed by atoms with Gasteiger partial charge in [-0.25, -0.2) is 0 Å². The molecule has 240 valence electrons. The van der Waals surface area contributed by atoms with Gasteiger partial charge in [-0.1, -0.05) is 78.9 Å². The predicted molar refractivity (Wildman–Crippen MR) is 182 cm³/mol. The van der Waals surface area contributed by atoms with Crippen molar-refractivity contribution in [3.8, 4) is 0 Å². The number of H-pyrrole nitrogens is 1. The minimum atomic E-state index is -1.84. The number of aromatic amines is 1. The van der Waals surface area contributed by atoms with E-state index in [4.69, 9.17) is 0 Å². The third-order valence-corrected chi connectivity index (χ3v) is 8.80. The summed E-state index contributed by atoms with van der Waals surface area (Å²) >= 11 is 0. The zero-order valence-electron chi connectivity index (χ0n) is 26.2. The summed E-state index contributed by atoms with van der Waals surface area (Å²) < 4.78 is 1.72. The van der Waals surface area contributed by atoms with Crippen LogP contribution in [0.5, 0.6) is 0 Å². The second-order valence-corrected chi connectivity index (χ2v) is 11.8. The molecule has 4 N–H and O–H groups in total. The molecule has 6 rings (SSSR count). The van der Waals surface area contributed by atoms with Gasteiger partial charge in [0.25, 0.3) is 5.91 Å². The van der Waals surface area contributed by atoms with Crippen molar-refractivity contribution in [2.45, 2.75) is 37.8 Å². The lowest BCUT2D eigenvalue weighted by Gasteiger charge is -2.27. The Morgan fingerprint density at radius 2 is 1.91 bits per heavy atom. The van der Waals surface area contributed by atoms with Gasteiger partial charge in [0.15, 0.2) is 5.60 Å². The molecule has 10 heteroatoms. The summed E-state index contributed by atoms with van der Waals surface area (Å²) in [6, 6.07) is 22.7. The monoisotopic (exact) mass is 630 g/mol. The molecule has 5 aromatic rings. The fourth-order valence-corrected chi connectivity index (χ4v) is 6.28. The van der Waals surface area contributed by atoms with Crippen molar-refractivity contribution in [3.05, 3.63) is 132 Å². The number of nitrogens with one attached hydrogen (secondary N) is 2. The number of allylic oxidation sites excluding steroid dienone is 1. The van der Waals surface area contributed by atoms with Gasteiger partial charge in [0, 0.05) is 53.6 Å². The molecule has 1 unspecified atom stereocenters. The number of carbonyl (C=O) groups is 2. The number of amides is 2. The van der Waals surface area contributed by atoms with Gasteiger partial charge in [-0.15, -0.1) is 11.7 Å². The van der Waals surface area contributed by atoms with E-state index in [2.05, 4.69) is 27.2 Å². The summed E-state index contributed by atoms with van der Waals surface area (Å²) in [5.41, 5.74) is 3.17. The lowest BCUT2D eigenvalue weighted by molar-refractivity contribution is -0.139. The molecule has 0 bridgehead atoms. The normalized spacial score (nSPS) is 17.3. The van der Waals surface area contributed by atoms with Crippen molar-refractivity contribution < 1.29 is 19.8 Å². The zero-order valence-corrected chi connectivity index (χ0v) is 26.2. The molecule has 3 aromatic carbocycles. The molecule has 1 aliphatic rings. The summed E-state index contributed by atoms with van der Waals surface area (Å²) in [5, 5.41) is 34.4. The molecule has 0 spiro atoms. The summed E-state index contributed by atoms with van der Waals surface area (Å²) in [6.07, 6.45) is 9.80. The third kappa shape index (κ3) is 6.25. The molecule has 0 saturated carbocycles. The maximum Gasteiger partial charge on any atom is 0.264 e. The average Bonchev–Trinajstić information content (AvgIpc) is 3.77. The molecule has 0 aliphatic carbocycles. The van der Waals surface area contributed by atoms with Gasteiger partial charge in [-0.05, 0) is 41.8 Å². The van der Waals surface area contributed by atoms with E-state index in [-0.39, 0.29) is 31.4 Å². The van der Waals surface area contributed by atoms with Gasteiger partial charge in [0.1, 0.15) is 0 Å². The quantitative estimate of drug-likeness (QED) is 0.134. The van der Waals surface area contributed by atoms with Crippen LogP contribution in [0.25, 0.3) is 10.9 Å². The number of fused-ring (bicyclic) bond motifs is 2. The first-order valence-electron chi connectivity index (χ1n) is 15.7. The molecule has 0 fully saturated rings. The number of aryl methyl sites for hydroxylation is 1. The van der Waals surface area contributed by atoms with Gasteiger partial charge in [0.2, 0.25) is 5.91 Å². The van der Waals surface area contributed by atoms with E-state index < -0.39 is 17.4 Å². The van der Waals surface area contributed by atoms with E-state index in [0.29, 0.717) is 35.6 Å². The molecular weight excluding hydrogens is 592 g/mol. The van der Waals surface area contributed by atoms with Gasteiger partial charge >= 0.3 is 0 Å². The summed E-state index contributed by atoms with van der Waals surface area (Å²) in [4.78, 5) is 31.5. The molecule has 2 aromatic heterocycles. The van der Waals surface area contributed by atoms with Crippen LogP contribution in [-0.2, 0) is 28.2 Å². The van der Waals surface area contributed by atoms with E-state index in [1.54, 1.807) is 35.9 Å². The number of para-hydroxylation sites is 1. The van der Waals surface area contributed by atoms with Crippen LogP contribution >= 0.6 is 0 Å². The van der Waals surface area contributed by atoms with Crippen molar-refractivity contribution in [1.82, 2.24) is 20.0 Å². The Balaban J connectivity index is 1.15. The minimum Gasteiger partial charge on any atom is -0.395 e. The molecule has 2 amide bonds. The number of nitrogens with zero attached hydrogens (tertiary/aromatic N) is 4. The molecule has 10 nitrogen and oxygen atoms in total. The zero-order chi connectivity index (χ0) is 33.0. The average molecular weight is 631 g/mol. The Labute approximate surface area is 273 Å². The fraction of sp³-hybridized carbons (Fsp3) is 0.243. The highest BCUT2D eigenvalue weighted by Gasteiger charge is 2.52. The molecular formula is C37H38N6O4. The van der Waals surface area contributed by atoms with Gasteiger partial charge in [0.05, 0.1) is 30.3 Å². The van der Waals surface area contributed by atoms with Gasteiger partial charge in [-0.3, -0.25) is 14.3 Å². The second kappa shape index (κ2) is 13.6. The fourth-order valence-electron chi connectivity index (χ4n) is 6.28. The van der Waals surface area contributed by atoms with E-state index in [1.807, 2.05) is 79.1 Å². The van der Waals surface area contributed by atoms with Gasteiger partial charge in [-0.2, -0.15) is 0 Å². The van der Waals surface area contributed by atoms with Crippen molar-refractivity contribution in [3.63, 3.8) is 0 Å². The van der Waals surface area contributed by atoms with E-state index in [1.165, 1.54) is 4.90 Å². The summed E-state index contributed by atoms with van der Waals surface area (Å²) in [7, 11) is 0. The lowest BCUT2D eigenvalue weighted by Crippen LogP contribution is -2.44. The Hall–Kier alpha value is -5.32. The maximum absolute atomic E-state index is 13.7. The van der Waals surface area contributed by atoms with Gasteiger partial charge < -0.3 is 25.4 Å². The van der Waals surface area contributed by atoms with E-state index in [0.717, 1.165) is 22.0 Å². The molecule has 47 heavy (non-hydrogen) atoms. The van der Waals surface area contributed by atoms with Crippen LogP contribution in [0.3, 0.4) is 0 Å². The number of hydrogen-bond acceptors (Lipinski definition) is 6. The number of benzene rings is 3.